The fourth-order valence-corrected chi connectivity index (χ4v) is 2.85. The molecule has 6 nitrogen and oxygen atoms in total. The van der Waals surface area contributed by atoms with Gasteiger partial charge in [0.25, 0.3) is 16.1 Å². The molecule has 0 unspecified atom stereocenters. The zero-order chi connectivity index (χ0) is 14.8. The normalized spacial score (nSPS) is 17.8. The van der Waals surface area contributed by atoms with Gasteiger partial charge in [-0.1, -0.05) is 0 Å². The van der Waals surface area contributed by atoms with Crippen molar-refractivity contribution in [3.63, 3.8) is 0 Å². The van der Waals surface area contributed by atoms with Gasteiger partial charge in [0.1, 0.15) is 5.82 Å². The molecule has 0 spiro atoms. The number of halogens is 1. The van der Waals surface area contributed by atoms with E-state index < -0.39 is 16.0 Å². The Morgan fingerprint density at radius 2 is 1.75 bits per heavy atom. The van der Waals surface area contributed by atoms with Crippen molar-refractivity contribution >= 4 is 16.1 Å². The summed E-state index contributed by atoms with van der Waals surface area (Å²) < 4.78 is 36.5. The number of hydrogen-bond acceptors (Lipinski definition) is 3. The number of carbonyl (C=O) groups excluding carboxylic acids is 1. The highest BCUT2D eigenvalue weighted by Crippen LogP contribution is 2.11. The summed E-state index contributed by atoms with van der Waals surface area (Å²) in [5, 5.41) is 5.08. The molecule has 2 rings (SSSR count). The third-order valence-electron chi connectivity index (χ3n) is 3.19. The van der Waals surface area contributed by atoms with Crippen LogP contribution in [0.1, 0.15) is 16.8 Å². The van der Waals surface area contributed by atoms with Gasteiger partial charge >= 0.3 is 0 Å². The highest BCUT2D eigenvalue weighted by molar-refractivity contribution is 7.86. The van der Waals surface area contributed by atoms with Crippen molar-refractivity contribution in [1.82, 2.24) is 9.21 Å². The van der Waals surface area contributed by atoms with Gasteiger partial charge in [-0.15, -0.1) is 0 Å². The lowest BCUT2D eigenvalue weighted by atomic mass is 10.2. The van der Waals surface area contributed by atoms with Gasteiger partial charge in [0.15, 0.2) is 0 Å². The number of carbonyl (C=O) groups is 1. The first-order valence-electron chi connectivity index (χ1n) is 6.20. The van der Waals surface area contributed by atoms with Gasteiger partial charge < -0.3 is 4.90 Å². The second kappa shape index (κ2) is 5.86. The molecule has 0 saturated carbocycles. The molecule has 1 heterocycles. The van der Waals surface area contributed by atoms with Crippen molar-refractivity contribution in [2.75, 3.05) is 26.2 Å². The molecular weight excluding hydrogens is 285 g/mol. The zero-order valence-electron chi connectivity index (χ0n) is 10.8. The molecule has 1 aromatic rings. The highest BCUT2D eigenvalue weighted by atomic mass is 32.2. The van der Waals surface area contributed by atoms with Crippen LogP contribution in [-0.4, -0.2) is 49.7 Å². The van der Waals surface area contributed by atoms with E-state index in [1.165, 1.54) is 24.3 Å². The van der Waals surface area contributed by atoms with Crippen LogP contribution in [0.2, 0.25) is 0 Å². The van der Waals surface area contributed by atoms with Gasteiger partial charge in [-0.25, -0.2) is 9.53 Å². The van der Waals surface area contributed by atoms with Crippen LogP contribution in [0.15, 0.2) is 24.3 Å². The maximum absolute atomic E-state index is 12.8. The molecule has 1 aliphatic rings. The lowest BCUT2D eigenvalue weighted by Gasteiger charge is -2.20. The topological polar surface area (TPSA) is 83.7 Å². The summed E-state index contributed by atoms with van der Waals surface area (Å²) in [4.78, 5) is 13.8. The Labute approximate surface area is 117 Å². The monoisotopic (exact) mass is 301 g/mol. The average Bonchev–Trinajstić information content (AvgIpc) is 2.64. The first-order valence-corrected chi connectivity index (χ1v) is 7.71. The molecule has 0 radical (unpaired) electrons. The van der Waals surface area contributed by atoms with E-state index in [9.17, 15) is 17.6 Å². The summed E-state index contributed by atoms with van der Waals surface area (Å²) in [5.41, 5.74) is 0.385. The van der Waals surface area contributed by atoms with Gasteiger partial charge in [-0.2, -0.15) is 12.7 Å². The van der Waals surface area contributed by atoms with E-state index >= 15 is 0 Å². The summed E-state index contributed by atoms with van der Waals surface area (Å²) in [6.45, 7) is 1.19. The molecule has 1 saturated heterocycles. The van der Waals surface area contributed by atoms with Crippen molar-refractivity contribution in [3.05, 3.63) is 35.6 Å². The predicted molar refractivity (Wildman–Crippen MR) is 71.6 cm³/mol. The molecule has 1 aliphatic heterocycles. The van der Waals surface area contributed by atoms with Crippen LogP contribution < -0.4 is 5.14 Å². The quantitative estimate of drug-likeness (QED) is 0.845. The minimum Gasteiger partial charge on any atom is -0.337 e. The predicted octanol–water partition coefficient (Wildman–Crippen LogP) is 0.177. The minimum absolute atomic E-state index is 0.172. The lowest BCUT2D eigenvalue weighted by Crippen LogP contribution is -2.40. The van der Waals surface area contributed by atoms with E-state index in [0.717, 1.165) is 4.31 Å². The molecule has 1 fully saturated rings. The Hall–Kier alpha value is -1.51. The van der Waals surface area contributed by atoms with E-state index in [2.05, 4.69) is 0 Å². The Morgan fingerprint density at radius 3 is 2.35 bits per heavy atom. The van der Waals surface area contributed by atoms with Crippen LogP contribution in [-0.2, 0) is 10.2 Å². The number of rotatable bonds is 2. The Morgan fingerprint density at radius 1 is 1.10 bits per heavy atom. The van der Waals surface area contributed by atoms with Crippen molar-refractivity contribution in [2.45, 2.75) is 6.42 Å². The summed E-state index contributed by atoms with van der Waals surface area (Å²) in [7, 11) is -3.72. The van der Waals surface area contributed by atoms with Gasteiger partial charge in [0.05, 0.1) is 0 Å². The third-order valence-corrected chi connectivity index (χ3v) is 4.28. The van der Waals surface area contributed by atoms with Crippen LogP contribution >= 0.6 is 0 Å². The molecule has 20 heavy (non-hydrogen) atoms. The first-order chi connectivity index (χ1) is 9.38. The maximum atomic E-state index is 12.8. The second-order valence-electron chi connectivity index (χ2n) is 4.60. The summed E-state index contributed by atoms with van der Waals surface area (Å²) in [5.74, 6) is -0.640. The lowest BCUT2D eigenvalue weighted by molar-refractivity contribution is 0.0764. The molecule has 1 aromatic carbocycles. The van der Waals surface area contributed by atoms with Crippen molar-refractivity contribution in [2.24, 2.45) is 5.14 Å². The minimum atomic E-state index is -3.72. The van der Waals surface area contributed by atoms with E-state index in [-0.39, 0.29) is 19.0 Å². The van der Waals surface area contributed by atoms with Gasteiger partial charge in [-0.3, -0.25) is 4.79 Å². The van der Waals surface area contributed by atoms with Gasteiger partial charge in [0, 0.05) is 31.7 Å². The van der Waals surface area contributed by atoms with Crippen molar-refractivity contribution in [3.8, 4) is 0 Å². The largest absolute Gasteiger partial charge is 0.337 e. The van der Waals surface area contributed by atoms with Crippen LogP contribution in [0.5, 0.6) is 0 Å². The number of hydrogen-bond donors (Lipinski definition) is 1. The molecule has 0 aliphatic carbocycles. The number of amides is 1. The summed E-state index contributed by atoms with van der Waals surface area (Å²) in [6.07, 6.45) is 0.517. The summed E-state index contributed by atoms with van der Waals surface area (Å²) in [6, 6.07) is 5.28. The van der Waals surface area contributed by atoms with Crippen molar-refractivity contribution < 1.29 is 17.6 Å². The summed E-state index contributed by atoms with van der Waals surface area (Å²) >= 11 is 0. The standard InChI is InChI=1S/C12H16FN3O3S/c13-11-4-2-10(3-5-11)12(17)15-6-1-7-16(9-8-15)20(14,18)19/h2-5H,1,6-9H2,(H2,14,18,19). The molecule has 0 bridgehead atoms. The van der Waals surface area contributed by atoms with Crippen LogP contribution in [0, 0.1) is 5.82 Å². The second-order valence-corrected chi connectivity index (χ2v) is 6.14. The SMILES string of the molecule is NS(=O)(=O)N1CCCN(C(=O)c2ccc(F)cc2)CC1. The van der Waals surface area contributed by atoms with E-state index in [0.29, 0.717) is 25.1 Å². The number of benzene rings is 1. The number of nitrogens with zero attached hydrogens (tertiary/aromatic N) is 2. The fourth-order valence-electron chi connectivity index (χ4n) is 2.13. The average molecular weight is 301 g/mol. The van der Waals surface area contributed by atoms with E-state index in [4.69, 9.17) is 5.14 Å². The number of nitrogens with two attached hydrogens (primary N) is 1. The van der Waals surface area contributed by atoms with Crippen LogP contribution in [0.3, 0.4) is 0 Å². The van der Waals surface area contributed by atoms with Gasteiger partial charge in [0.2, 0.25) is 0 Å². The smallest absolute Gasteiger partial charge is 0.276 e. The molecular formula is C12H16FN3O3S. The molecule has 2 N–H and O–H groups in total. The van der Waals surface area contributed by atoms with Crippen LogP contribution in [0.25, 0.3) is 0 Å². The first kappa shape index (κ1) is 14.9. The van der Waals surface area contributed by atoms with E-state index in [1.807, 2.05) is 0 Å². The Bertz CT molecular complexity index is 588. The van der Waals surface area contributed by atoms with Crippen molar-refractivity contribution in [1.29, 1.82) is 0 Å². The zero-order valence-corrected chi connectivity index (χ0v) is 11.6. The third kappa shape index (κ3) is 3.53. The van der Waals surface area contributed by atoms with E-state index in [1.54, 1.807) is 4.90 Å². The maximum Gasteiger partial charge on any atom is 0.276 e. The highest BCUT2D eigenvalue weighted by Gasteiger charge is 2.24. The molecule has 1 amide bonds. The molecule has 8 heteroatoms. The molecule has 0 atom stereocenters. The fraction of sp³-hybridized carbons (Fsp3) is 0.417. The Balaban J connectivity index is 2.07. The van der Waals surface area contributed by atoms with Gasteiger partial charge in [-0.05, 0) is 30.7 Å². The van der Waals surface area contributed by atoms with Crippen LogP contribution in [0.4, 0.5) is 4.39 Å². The molecule has 110 valence electrons. The Kier molecular flexibility index (Phi) is 4.36. The molecule has 0 aromatic heterocycles.